The minimum absolute atomic E-state index is 0.00272. The maximum absolute atomic E-state index is 11.4. The molecule has 0 atom stereocenters. The smallest absolute Gasteiger partial charge is 0.260 e. The standard InChI is InChI=1S/C10H12N6O3S/c11-6-5(8(12)17)10(20-7(6)9(13)18)14-2-1-4-15-3-19-16-4/h3,14H,1-2,11H2,(H2,12,17)(H2,13,18). The molecule has 2 aromatic heterocycles. The number of nitrogen functional groups attached to an aromatic ring is 1. The molecule has 2 amide bonds. The van der Waals surface area contributed by atoms with E-state index in [0.717, 1.165) is 11.3 Å². The van der Waals surface area contributed by atoms with Crippen molar-refractivity contribution < 1.29 is 14.1 Å². The number of thiophene rings is 1. The predicted molar refractivity (Wildman–Crippen MR) is 72.3 cm³/mol. The summed E-state index contributed by atoms with van der Waals surface area (Å²) in [6, 6.07) is 0. The molecule has 9 nitrogen and oxygen atoms in total. The first-order valence-corrected chi connectivity index (χ1v) is 6.33. The maximum atomic E-state index is 11.4. The first-order valence-electron chi connectivity index (χ1n) is 5.51. The lowest BCUT2D eigenvalue weighted by molar-refractivity contribution is 0.0999. The third-order valence-corrected chi connectivity index (χ3v) is 3.63. The molecular formula is C10H12N6O3S. The van der Waals surface area contributed by atoms with Crippen LogP contribution in [0.25, 0.3) is 0 Å². The van der Waals surface area contributed by atoms with E-state index in [1.807, 2.05) is 0 Å². The second kappa shape index (κ2) is 5.57. The third-order valence-electron chi connectivity index (χ3n) is 2.46. The third kappa shape index (κ3) is 2.69. The van der Waals surface area contributed by atoms with Crippen molar-refractivity contribution in [1.82, 2.24) is 10.1 Å². The van der Waals surface area contributed by atoms with Gasteiger partial charge in [0.15, 0.2) is 5.82 Å². The molecule has 20 heavy (non-hydrogen) atoms. The summed E-state index contributed by atoms with van der Waals surface area (Å²) in [4.78, 5) is 26.5. The van der Waals surface area contributed by atoms with Crippen LogP contribution >= 0.6 is 11.3 Å². The van der Waals surface area contributed by atoms with Gasteiger partial charge in [-0.25, -0.2) is 0 Å². The predicted octanol–water partition coefficient (Wildman–Crippen LogP) is -0.434. The summed E-state index contributed by atoms with van der Waals surface area (Å²) in [5, 5.41) is 7.00. The number of anilines is 2. The van der Waals surface area contributed by atoms with Gasteiger partial charge < -0.3 is 27.0 Å². The van der Waals surface area contributed by atoms with Crippen LogP contribution in [-0.2, 0) is 6.42 Å². The zero-order chi connectivity index (χ0) is 14.7. The van der Waals surface area contributed by atoms with Crippen molar-refractivity contribution in [3.8, 4) is 0 Å². The summed E-state index contributed by atoms with van der Waals surface area (Å²) >= 11 is 0.984. The molecule has 0 fully saturated rings. The Morgan fingerprint density at radius 3 is 2.65 bits per heavy atom. The van der Waals surface area contributed by atoms with E-state index in [-0.39, 0.29) is 16.1 Å². The molecule has 0 saturated heterocycles. The molecule has 2 heterocycles. The first-order chi connectivity index (χ1) is 9.50. The van der Waals surface area contributed by atoms with E-state index in [0.29, 0.717) is 23.8 Å². The van der Waals surface area contributed by atoms with Crippen molar-refractivity contribution in [3.05, 3.63) is 22.7 Å². The molecule has 0 spiro atoms. The molecule has 0 aliphatic carbocycles. The number of aromatic nitrogens is 2. The average molecular weight is 296 g/mol. The molecule has 0 saturated carbocycles. The summed E-state index contributed by atoms with van der Waals surface area (Å²) in [5.41, 5.74) is 16.2. The molecule has 0 aliphatic rings. The number of hydrogen-bond donors (Lipinski definition) is 4. The minimum Gasteiger partial charge on any atom is -0.397 e. The highest BCUT2D eigenvalue weighted by molar-refractivity contribution is 7.19. The molecule has 0 radical (unpaired) electrons. The van der Waals surface area contributed by atoms with Gasteiger partial charge in [-0.2, -0.15) is 4.98 Å². The molecule has 7 N–H and O–H groups in total. The molecular weight excluding hydrogens is 284 g/mol. The Morgan fingerprint density at radius 2 is 2.10 bits per heavy atom. The number of carbonyl (C=O) groups is 2. The zero-order valence-corrected chi connectivity index (χ0v) is 11.1. The minimum atomic E-state index is -0.728. The largest absolute Gasteiger partial charge is 0.397 e. The lowest BCUT2D eigenvalue weighted by Crippen LogP contribution is -2.17. The summed E-state index contributed by atoms with van der Waals surface area (Å²) in [6.07, 6.45) is 1.69. The van der Waals surface area contributed by atoms with E-state index in [1.165, 1.54) is 6.39 Å². The SMILES string of the molecule is NC(=O)c1sc(NCCc2ncon2)c(C(N)=O)c1N. The summed E-state index contributed by atoms with van der Waals surface area (Å²) in [5.74, 6) is -0.924. The number of nitrogens with zero attached hydrogens (tertiary/aromatic N) is 2. The Bertz CT molecular complexity index is 636. The summed E-state index contributed by atoms with van der Waals surface area (Å²) in [7, 11) is 0. The van der Waals surface area contributed by atoms with Gasteiger partial charge in [-0.05, 0) is 0 Å². The van der Waals surface area contributed by atoms with Gasteiger partial charge in [-0.1, -0.05) is 5.16 Å². The van der Waals surface area contributed by atoms with Gasteiger partial charge in [0.1, 0.15) is 9.88 Å². The van der Waals surface area contributed by atoms with Crippen molar-refractivity contribution in [2.75, 3.05) is 17.6 Å². The quantitative estimate of drug-likeness (QED) is 0.561. The van der Waals surface area contributed by atoms with Gasteiger partial charge in [0.25, 0.3) is 11.8 Å². The summed E-state index contributed by atoms with van der Waals surface area (Å²) < 4.78 is 4.59. The van der Waals surface area contributed by atoms with E-state index in [1.54, 1.807) is 0 Å². The van der Waals surface area contributed by atoms with Crippen LogP contribution in [-0.4, -0.2) is 28.5 Å². The van der Waals surface area contributed by atoms with Crippen molar-refractivity contribution >= 4 is 33.8 Å². The zero-order valence-electron chi connectivity index (χ0n) is 10.3. The molecule has 0 aromatic carbocycles. The Balaban J connectivity index is 2.16. The Hall–Kier alpha value is -2.62. The lowest BCUT2D eigenvalue weighted by Gasteiger charge is -2.03. The topological polar surface area (TPSA) is 163 Å². The molecule has 0 bridgehead atoms. The van der Waals surface area contributed by atoms with Crippen LogP contribution < -0.4 is 22.5 Å². The fourth-order valence-corrected chi connectivity index (χ4v) is 2.59. The van der Waals surface area contributed by atoms with E-state index in [2.05, 4.69) is 20.0 Å². The molecule has 0 aliphatic heterocycles. The van der Waals surface area contributed by atoms with E-state index in [4.69, 9.17) is 17.2 Å². The highest BCUT2D eigenvalue weighted by Gasteiger charge is 2.22. The van der Waals surface area contributed by atoms with Crippen LogP contribution in [0.1, 0.15) is 25.9 Å². The van der Waals surface area contributed by atoms with Crippen LogP contribution in [0, 0.1) is 0 Å². The van der Waals surface area contributed by atoms with Crippen LogP contribution in [0.15, 0.2) is 10.9 Å². The van der Waals surface area contributed by atoms with Gasteiger partial charge in [0, 0.05) is 13.0 Å². The Morgan fingerprint density at radius 1 is 1.35 bits per heavy atom. The molecule has 106 valence electrons. The normalized spacial score (nSPS) is 10.4. The van der Waals surface area contributed by atoms with E-state index in [9.17, 15) is 9.59 Å². The highest BCUT2D eigenvalue weighted by Crippen LogP contribution is 2.35. The average Bonchev–Trinajstić information content (AvgIpc) is 2.97. The number of amides is 2. The number of primary amides is 2. The van der Waals surface area contributed by atoms with Crippen LogP contribution in [0.5, 0.6) is 0 Å². The second-order valence-electron chi connectivity index (χ2n) is 3.80. The molecule has 2 rings (SSSR count). The monoisotopic (exact) mass is 296 g/mol. The fraction of sp³-hybridized carbons (Fsp3) is 0.200. The Labute approximate surface area is 117 Å². The van der Waals surface area contributed by atoms with E-state index < -0.39 is 11.8 Å². The molecule has 2 aromatic rings. The van der Waals surface area contributed by atoms with Gasteiger partial charge in [-0.3, -0.25) is 9.59 Å². The van der Waals surface area contributed by atoms with E-state index >= 15 is 0 Å². The molecule has 10 heteroatoms. The van der Waals surface area contributed by atoms with Gasteiger partial charge >= 0.3 is 0 Å². The first kappa shape index (κ1) is 13.8. The number of nitrogens with two attached hydrogens (primary N) is 3. The van der Waals surface area contributed by atoms with Crippen molar-refractivity contribution in [3.63, 3.8) is 0 Å². The second-order valence-corrected chi connectivity index (χ2v) is 4.82. The lowest BCUT2D eigenvalue weighted by atomic mass is 10.2. The number of rotatable bonds is 6. The maximum Gasteiger partial charge on any atom is 0.260 e. The van der Waals surface area contributed by atoms with Crippen molar-refractivity contribution in [1.29, 1.82) is 0 Å². The van der Waals surface area contributed by atoms with Gasteiger partial charge in [0.05, 0.1) is 11.3 Å². The number of hydrogen-bond acceptors (Lipinski definition) is 8. The van der Waals surface area contributed by atoms with Crippen molar-refractivity contribution in [2.24, 2.45) is 11.5 Å². The Kier molecular flexibility index (Phi) is 3.84. The fourth-order valence-electron chi connectivity index (χ4n) is 1.59. The van der Waals surface area contributed by atoms with Crippen LogP contribution in [0.4, 0.5) is 10.7 Å². The summed E-state index contributed by atoms with van der Waals surface area (Å²) in [6.45, 7) is 0.415. The van der Waals surface area contributed by atoms with Crippen LogP contribution in [0.2, 0.25) is 0 Å². The molecule has 0 unspecified atom stereocenters. The van der Waals surface area contributed by atoms with Gasteiger partial charge in [0.2, 0.25) is 6.39 Å². The highest BCUT2D eigenvalue weighted by atomic mass is 32.1. The van der Waals surface area contributed by atoms with Crippen LogP contribution in [0.3, 0.4) is 0 Å². The van der Waals surface area contributed by atoms with Crippen molar-refractivity contribution in [2.45, 2.75) is 6.42 Å². The van der Waals surface area contributed by atoms with Gasteiger partial charge in [-0.15, -0.1) is 11.3 Å². The number of carbonyl (C=O) groups excluding carboxylic acids is 2. The number of nitrogens with one attached hydrogen (secondary N) is 1.